The molecule has 12 nitrogen and oxygen atoms in total. The molecular weight excluding hydrogens is 861 g/mol. The number of hydrogen-bond donors (Lipinski definition) is 4. The van der Waals surface area contributed by atoms with Gasteiger partial charge in [0, 0.05) is 13.0 Å². The molecule has 1 saturated heterocycles. The number of ether oxygens (including phenoxy) is 4. The molecule has 0 aliphatic carbocycles. The van der Waals surface area contributed by atoms with Crippen molar-refractivity contribution in [3.63, 3.8) is 0 Å². The Morgan fingerprint density at radius 3 is 1.53 bits per heavy atom. The van der Waals surface area contributed by atoms with E-state index in [0.717, 1.165) is 109 Å². The monoisotopic (exact) mass is 951 g/mol. The third-order valence-electron chi connectivity index (χ3n) is 11.0. The van der Waals surface area contributed by atoms with Crippen molar-refractivity contribution in [2.24, 2.45) is 0 Å². The first-order chi connectivity index (χ1) is 32.1. The van der Waals surface area contributed by atoms with Crippen LogP contribution in [0.2, 0.25) is 0 Å². The zero-order chi connectivity index (χ0) is 48.2. The van der Waals surface area contributed by atoms with Crippen molar-refractivity contribution in [3.05, 3.63) is 85.1 Å². The van der Waals surface area contributed by atoms with Crippen LogP contribution in [0.15, 0.2) is 85.1 Å². The lowest BCUT2D eigenvalue weighted by Gasteiger charge is -2.41. The van der Waals surface area contributed by atoms with Gasteiger partial charge in [0.15, 0.2) is 6.29 Å². The molecule has 4 N–H and O–H groups in total. The van der Waals surface area contributed by atoms with Gasteiger partial charge in [0.25, 0.3) is 0 Å². The van der Waals surface area contributed by atoms with Gasteiger partial charge in [-0.3, -0.25) is 9.35 Å². The van der Waals surface area contributed by atoms with Crippen molar-refractivity contribution in [2.75, 3.05) is 26.4 Å². The third kappa shape index (κ3) is 36.3. The van der Waals surface area contributed by atoms with Crippen molar-refractivity contribution in [3.8, 4) is 0 Å². The van der Waals surface area contributed by atoms with E-state index in [0.29, 0.717) is 13.0 Å². The molecule has 66 heavy (non-hydrogen) atoms. The molecule has 1 rings (SSSR count). The summed E-state index contributed by atoms with van der Waals surface area (Å²) >= 11 is 0. The molecule has 1 fully saturated rings. The van der Waals surface area contributed by atoms with Crippen LogP contribution >= 0.6 is 0 Å². The predicted octanol–water partition coefficient (Wildman–Crippen LogP) is 11.6. The minimum atomic E-state index is -5.07. The summed E-state index contributed by atoms with van der Waals surface area (Å²) in [5.74, 6) is -0.417. The molecule has 13 heteroatoms. The molecule has 0 bridgehead atoms. The molecule has 1 aliphatic heterocycles. The van der Waals surface area contributed by atoms with Crippen LogP contribution in [0.5, 0.6) is 0 Å². The van der Waals surface area contributed by atoms with Gasteiger partial charge in [0.1, 0.15) is 30.5 Å². The second-order valence-electron chi connectivity index (χ2n) is 17.0. The highest BCUT2D eigenvalue weighted by molar-refractivity contribution is 7.80. The van der Waals surface area contributed by atoms with Gasteiger partial charge in [-0.25, -0.2) is 4.18 Å². The number of carbonyl (C=O) groups excluding carboxylic acids is 1. The van der Waals surface area contributed by atoms with E-state index >= 15 is 0 Å². The Labute approximate surface area is 400 Å². The van der Waals surface area contributed by atoms with Gasteiger partial charge in [-0.05, 0) is 89.9 Å². The highest BCUT2D eigenvalue weighted by Gasteiger charge is 2.48. The predicted molar refractivity (Wildman–Crippen MR) is 266 cm³/mol. The number of allylic oxidation sites excluding steroid dienone is 14. The molecule has 0 spiro atoms. The molecule has 0 saturated carbocycles. The van der Waals surface area contributed by atoms with Gasteiger partial charge in [-0.1, -0.05) is 170 Å². The minimum absolute atomic E-state index is 0.0193. The molecule has 6 unspecified atom stereocenters. The number of hydrogen-bond acceptors (Lipinski definition) is 11. The Morgan fingerprint density at radius 2 is 1.05 bits per heavy atom. The van der Waals surface area contributed by atoms with E-state index in [1.807, 2.05) is 0 Å². The van der Waals surface area contributed by atoms with Crippen LogP contribution in [0.25, 0.3) is 0 Å². The smallest absolute Gasteiger partial charge is 0.397 e. The summed E-state index contributed by atoms with van der Waals surface area (Å²) in [4.78, 5) is 12.9. The lowest BCUT2D eigenvalue weighted by Crippen LogP contribution is -2.60. The number of esters is 1. The van der Waals surface area contributed by atoms with E-state index in [4.69, 9.17) is 18.9 Å². The van der Waals surface area contributed by atoms with Gasteiger partial charge in [-0.2, -0.15) is 8.42 Å². The fourth-order valence-electron chi connectivity index (χ4n) is 7.20. The Balaban J connectivity index is 2.39. The Hall–Kier alpha value is -2.72. The summed E-state index contributed by atoms with van der Waals surface area (Å²) in [7, 11) is -5.07. The SMILES string of the molecule is CC/C=C\C/C=C\C/C=C\C/C=C\C/C=C\CCCCCCCCCC(=O)OC(COCCCCCCCC/C=C\C/C=C\CCCCC)COC1OC(CO)C(O)C(OS(=O)(=O)O)C1O. The number of carbonyl (C=O) groups is 1. The second kappa shape index (κ2) is 43.6. The zero-order valence-electron chi connectivity index (χ0n) is 40.7. The molecule has 0 aromatic carbocycles. The highest BCUT2D eigenvalue weighted by Crippen LogP contribution is 2.26. The van der Waals surface area contributed by atoms with Gasteiger partial charge >= 0.3 is 16.4 Å². The summed E-state index contributed by atoms with van der Waals surface area (Å²) < 4.78 is 59.2. The third-order valence-corrected chi connectivity index (χ3v) is 11.5. The fraction of sp³-hybridized carbons (Fsp3) is 0.717. The van der Waals surface area contributed by atoms with Crippen LogP contribution in [-0.4, -0.2) is 97.5 Å². The molecule has 0 radical (unpaired) electrons. The van der Waals surface area contributed by atoms with E-state index in [-0.39, 0.29) is 19.6 Å². The largest absolute Gasteiger partial charge is 0.457 e. The lowest BCUT2D eigenvalue weighted by atomic mass is 9.99. The van der Waals surface area contributed by atoms with E-state index < -0.39 is 59.8 Å². The molecule has 0 aromatic heterocycles. The first kappa shape index (κ1) is 61.3. The van der Waals surface area contributed by atoms with E-state index in [1.165, 1.54) is 44.9 Å². The fourth-order valence-corrected chi connectivity index (χ4v) is 7.71. The standard InChI is InChI=1S/C53H90O12S/c1-3-5-7-9-11-13-15-17-19-21-22-23-24-25-26-27-28-30-32-34-36-38-40-42-49(55)63-47(46-62-53-51(57)52(65-66(58,59)60)50(56)48(44-54)64-53)45-61-43-41-39-37-35-33-31-29-20-18-16-14-12-10-8-6-4-2/h5,7,11-14,17-20,22-23,25-26,47-48,50-54,56-57H,3-4,6,8-10,15-16,21,24,27-46H2,1-2H3,(H,58,59,60)/b7-5-,13-11-,14-12-,19-17-,20-18-,23-22-,26-25-. The summed E-state index contributed by atoms with van der Waals surface area (Å²) in [6.45, 7) is 3.81. The van der Waals surface area contributed by atoms with Crippen LogP contribution in [0.4, 0.5) is 0 Å². The molecule has 380 valence electrons. The van der Waals surface area contributed by atoms with Crippen molar-refractivity contribution >= 4 is 16.4 Å². The van der Waals surface area contributed by atoms with Crippen LogP contribution in [0, 0.1) is 0 Å². The van der Waals surface area contributed by atoms with Gasteiger partial charge in [0.05, 0.1) is 19.8 Å². The van der Waals surface area contributed by atoms with Crippen molar-refractivity contribution in [1.82, 2.24) is 0 Å². The molecule has 0 aromatic rings. The number of aliphatic hydroxyl groups is 3. The van der Waals surface area contributed by atoms with Gasteiger partial charge in [0.2, 0.25) is 0 Å². The first-order valence-corrected chi connectivity index (χ1v) is 26.7. The maximum atomic E-state index is 12.9. The zero-order valence-corrected chi connectivity index (χ0v) is 41.5. The topological polar surface area (TPSA) is 178 Å². The van der Waals surface area contributed by atoms with E-state index in [2.05, 4.69) is 103 Å². The van der Waals surface area contributed by atoms with Crippen LogP contribution in [0.1, 0.15) is 181 Å². The van der Waals surface area contributed by atoms with Crippen LogP contribution < -0.4 is 0 Å². The molecular formula is C53H90O12S. The summed E-state index contributed by atoms with van der Waals surface area (Å²) in [5.41, 5.74) is 0. The normalized spacial score (nSPS) is 20.2. The lowest BCUT2D eigenvalue weighted by molar-refractivity contribution is -0.301. The number of aliphatic hydroxyl groups excluding tert-OH is 3. The second-order valence-corrected chi connectivity index (χ2v) is 18.1. The quantitative estimate of drug-likeness (QED) is 0.0197. The summed E-state index contributed by atoms with van der Waals surface area (Å²) in [6.07, 6.45) is 48.9. The number of rotatable bonds is 43. The first-order valence-electron chi connectivity index (χ1n) is 25.3. The molecule has 1 heterocycles. The Kier molecular flexibility index (Phi) is 40.4. The maximum absolute atomic E-state index is 12.9. The van der Waals surface area contributed by atoms with Crippen molar-refractivity contribution < 1.29 is 56.2 Å². The average molecular weight is 951 g/mol. The van der Waals surface area contributed by atoms with Crippen LogP contribution in [-0.2, 0) is 38.3 Å². The highest BCUT2D eigenvalue weighted by atomic mass is 32.3. The van der Waals surface area contributed by atoms with E-state index in [1.54, 1.807) is 0 Å². The molecule has 1 aliphatic rings. The summed E-state index contributed by atoms with van der Waals surface area (Å²) in [6, 6.07) is 0. The Morgan fingerprint density at radius 1 is 0.591 bits per heavy atom. The van der Waals surface area contributed by atoms with Crippen molar-refractivity contribution in [1.29, 1.82) is 0 Å². The van der Waals surface area contributed by atoms with Gasteiger partial charge < -0.3 is 34.3 Å². The van der Waals surface area contributed by atoms with Crippen LogP contribution in [0.3, 0.4) is 0 Å². The average Bonchev–Trinajstić information content (AvgIpc) is 3.29. The molecule has 6 atom stereocenters. The molecule has 0 amide bonds. The number of unbranched alkanes of at least 4 members (excludes halogenated alkanes) is 16. The minimum Gasteiger partial charge on any atom is -0.457 e. The maximum Gasteiger partial charge on any atom is 0.397 e. The Bertz CT molecular complexity index is 1470. The van der Waals surface area contributed by atoms with Gasteiger partial charge in [-0.15, -0.1) is 0 Å². The summed E-state index contributed by atoms with van der Waals surface area (Å²) in [5, 5.41) is 30.7. The van der Waals surface area contributed by atoms with Crippen molar-refractivity contribution in [2.45, 2.75) is 218 Å². The van der Waals surface area contributed by atoms with E-state index in [9.17, 15) is 33.1 Å².